The van der Waals surface area contributed by atoms with Gasteiger partial charge < -0.3 is 10.1 Å². The molecule has 2 rings (SSSR count). The zero-order valence-corrected chi connectivity index (χ0v) is 8.36. The first-order chi connectivity index (χ1) is 5.91. The lowest BCUT2D eigenvalue weighted by Crippen LogP contribution is -2.38. The molecule has 2 nitrogen and oxygen atoms in total. The van der Waals surface area contributed by atoms with Gasteiger partial charge in [0.25, 0.3) is 0 Å². The van der Waals surface area contributed by atoms with E-state index in [1.807, 2.05) is 13.8 Å². The van der Waals surface area contributed by atoms with Gasteiger partial charge in [-0.3, -0.25) is 0 Å². The van der Waals surface area contributed by atoms with Crippen molar-refractivity contribution in [3.05, 3.63) is 0 Å². The van der Waals surface area contributed by atoms with Gasteiger partial charge in [0.05, 0.1) is 5.60 Å². The third-order valence-corrected chi connectivity index (χ3v) is 2.64. The molecule has 12 heavy (non-hydrogen) atoms. The van der Waals surface area contributed by atoms with Crippen molar-refractivity contribution in [1.29, 1.82) is 0 Å². The van der Waals surface area contributed by atoms with Crippen LogP contribution in [0.3, 0.4) is 0 Å². The highest BCUT2D eigenvalue weighted by atomic mass is 16.5. The molecule has 1 spiro atoms. The van der Waals surface area contributed by atoms with Crippen LogP contribution in [-0.4, -0.2) is 25.3 Å². The predicted molar refractivity (Wildman–Crippen MR) is 51.4 cm³/mol. The smallest absolute Gasteiger partial charge is 0.0818 e. The highest BCUT2D eigenvalue weighted by Gasteiger charge is 2.35. The van der Waals surface area contributed by atoms with Crippen LogP contribution in [0.15, 0.2) is 0 Å². The molecule has 1 N–H and O–H groups in total. The van der Waals surface area contributed by atoms with Gasteiger partial charge in [0.1, 0.15) is 0 Å². The van der Waals surface area contributed by atoms with Gasteiger partial charge in [0, 0.05) is 13.2 Å². The second-order valence-electron chi connectivity index (χ2n) is 3.42. The molecule has 2 saturated heterocycles. The predicted octanol–water partition coefficient (Wildman–Crippen LogP) is 1.95. The largest absolute Gasteiger partial charge is 0.374 e. The van der Waals surface area contributed by atoms with E-state index in [1.165, 1.54) is 25.7 Å². The van der Waals surface area contributed by atoms with Gasteiger partial charge >= 0.3 is 0 Å². The first-order valence-electron chi connectivity index (χ1n) is 5.26. The van der Waals surface area contributed by atoms with E-state index in [0.717, 1.165) is 19.7 Å². The summed E-state index contributed by atoms with van der Waals surface area (Å²) in [6.45, 7) is 7.23. The van der Waals surface area contributed by atoms with Crippen molar-refractivity contribution in [1.82, 2.24) is 5.32 Å². The van der Waals surface area contributed by atoms with Crippen LogP contribution in [0, 0.1) is 0 Å². The SMILES string of the molecule is C1CCC2(CCNC2)OC1.CC. The van der Waals surface area contributed by atoms with Gasteiger partial charge in [0.2, 0.25) is 0 Å². The second-order valence-corrected chi connectivity index (χ2v) is 3.42. The van der Waals surface area contributed by atoms with Crippen molar-refractivity contribution < 1.29 is 4.74 Å². The summed E-state index contributed by atoms with van der Waals surface area (Å²) in [6.07, 6.45) is 5.14. The van der Waals surface area contributed by atoms with Crippen molar-refractivity contribution in [2.75, 3.05) is 19.7 Å². The van der Waals surface area contributed by atoms with Crippen LogP contribution in [0.25, 0.3) is 0 Å². The minimum Gasteiger partial charge on any atom is -0.374 e. The van der Waals surface area contributed by atoms with Gasteiger partial charge in [-0.05, 0) is 32.2 Å². The molecule has 0 saturated carbocycles. The minimum absolute atomic E-state index is 0.262. The highest BCUT2D eigenvalue weighted by Crippen LogP contribution is 2.29. The lowest BCUT2D eigenvalue weighted by molar-refractivity contribution is -0.0633. The molecule has 1 unspecified atom stereocenters. The van der Waals surface area contributed by atoms with E-state index < -0.39 is 0 Å². The Kier molecular flexibility index (Phi) is 4.02. The first kappa shape index (κ1) is 10.0. The lowest BCUT2D eigenvalue weighted by atomic mass is 9.93. The summed E-state index contributed by atoms with van der Waals surface area (Å²) in [4.78, 5) is 0. The molecule has 0 aromatic heterocycles. The molecule has 2 aliphatic rings. The fourth-order valence-electron chi connectivity index (χ4n) is 1.97. The summed E-state index contributed by atoms with van der Waals surface area (Å²) in [7, 11) is 0. The maximum atomic E-state index is 5.76. The van der Waals surface area contributed by atoms with Crippen LogP contribution < -0.4 is 5.32 Å². The first-order valence-corrected chi connectivity index (χ1v) is 5.26. The maximum absolute atomic E-state index is 5.76. The van der Waals surface area contributed by atoms with Crippen molar-refractivity contribution in [2.45, 2.75) is 45.1 Å². The summed E-state index contributed by atoms with van der Waals surface area (Å²) in [5.41, 5.74) is 0.262. The molecule has 2 aliphatic heterocycles. The molecule has 1 atom stereocenters. The van der Waals surface area contributed by atoms with E-state index in [9.17, 15) is 0 Å². The monoisotopic (exact) mass is 171 g/mol. The molecule has 0 aliphatic carbocycles. The third kappa shape index (κ3) is 2.20. The summed E-state index contributed by atoms with van der Waals surface area (Å²) in [5, 5.41) is 3.36. The van der Waals surface area contributed by atoms with E-state index in [2.05, 4.69) is 5.32 Å². The minimum atomic E-state index is 0.262. The van der Waals surface area contributed by atoms with E-state index >= 15 is 0 Å². The van der Waals surface area contributed by atoms with Crippen LogP contribution in [0.4, 0.5) is 0 Å². The molecule has 0 bridgehead atoms. The Morgan fingerprint density at radius 3 is 2.50 bits per heavy atom. The normalized spacial score (nSPS) is 34.5. The highest BCUT2D eigenvalue weighted by molar-refractivity contribution is 4.91. The summed E-state index contributed by atoms with van der Waals surface area (Å²) < 4.78 is 5.76. The second kappa shape index (κ2) is 4.83. The molecule has 0 radical (unpaired) electrons. The van der Waals surface area contributed by atoms with Crippen LogP contribution in [-0.2, 0) is 4.74 Å². The standard InChI is InChI=1S/C8H15NO.C2H6/c1-2-6-10-8(3-1)4-5-9-7-8;1-2/h9H,1-7H2;1-2H3. The Bertz CT molecular complexity index is 111. The molecule has 72 valence electrons. The summed E-state index contributed by atoms with van der Waals surface area (Å²) in [6, 6.07) is 0. The van der Waals surface area contributed by atoms with Gasteiger partial charge in [0.15, 0.2) is 0 Å². The zero-order chi connectivity index (χ0) is 8.86. The molecule has 0 amide bonds. The maximum Gasteiger partial charge on any atom is 0.0818 e. The summed E-state index contributed by atoms with van der Waals surface area (Å²) >= 11 is 0. The third-order valence-electron chi connectivity index (χ3n) is 2.64. The Hall–Kier alpha value is -0.0800. The quantitative estimate of drug-likeness (QED) is 0.601. The van der Waals surface area contributed by atoms with E-state index in [0.29, 0.717) is 0 Å². The number of ether oxygens (including phenoxy) is 1. The number of nitrogens with one attached hydrogen (secondary N) is 1. The molecule has 0 aromatic rings. The Balaban J connectivity index is 0.000000336. The number of hydrogen-bond donors (Lipinski definition) is 1. The number of rotatable bonds is 0. The Morgan fingerprint density at radius 1 is 1.17 bits per heavy atom. The molecule has 2 heteroatoms. The summed E-state index contributed by atoms with van der Waals surface area (Å²) in [5.74, 6) is 0. The molecule has 0 aromatic carbocycles. The van der Waals surface area contributed by atoms with E-state index in [1.54, 1.807) is 0 Å². The van der Waals surface area contributed by atoms with Crippen molar-refractivity contribution in [3.63, 3.8) is 0 Å². The Labute approximate surface area is 75.7 Å². The van der Waals surface area contributed by atoms with Crippen molar-refractivity contribution in [3.8, 4) is 0 Å². The molecular weight excluding hydrogens is 150 g/mol. The molecule has 2 fully saturated rings. The van der Waals surface area contributed by atoms with E-state index in [4.69, 9.17) is 4.74 Å². The average molecular weight is 171 g/mol. The van der Waals surface area contributed by atoms with Crippen LogP contribution in [0.5, 0.6) is 0 Å². The number of hydrogen-bond acceptors (Lipinski definition) is 2. The lowest BCUT2D eigenvalue weighted by Gasteiger charge is -2.32. The average Bonchev–Trinajstić information content (AvgIpc) is 2.58. The Morgan fingerprint density at radius 2 is 2.00 bits per heavy atom. The van der Waals surface area contributed by atoms with Crippen LogP contribution in [0.2, 0.25) is 0 Å². The van der Waals surface area contributed by atoms with E-state index in [-0.39, 0.29) is 5.60 Å². The van der Waals surface area contributed by atoms with Gasteiger partial charge in [-0.15, -0.1) is 0 Å². The van der Waals surface area contributed by atoms with Crippen molar-refractivity contribution in [2.24, 2.45) is 0 Å². The topological polar surface area (TPSA) is 21.3 Å². The fraction of sp³-hybridized carbons (Fsp3) is 1.00. The fourth-order valence-corrected chi connectivity index (χ4v) is 1.97. The van der Waals surface area contributed by atoms with Gasteiger partial charge in [-0.2, -0.15) is 0 Å². The molecule has 2 heterocycles. The zero-order valence-electron chi connectivity index (χ0n) is 8.36. The van der Waals surface area contributed by atoms with Crippen molar-refractivity contribution >= 4 is 0 Å². The van der Waals surface area contributed by atoms with Gasteiger partial charge in [-0.1, -0.05) is 13.8 Å². The van der Waals surface area contributed by atoms with Gasteiger partial charge in [-0.25, -0.2) is 0 Å². The molecular formula is C10H21NO. The van der Waals surface area contributed by atoms with Crippen LogP contribution >= 0.6 is 0 Å². The van der Waals surface area contributed by atoms with Crippen LogP contribution in [0.1, 0.15) is 39.5 Å².